The SMILES string of the molecule is C=NC(=N)C1C=CC=CC1. The van der Waals surface area contributed by atoms with Crippen LogP contribution in [0.5, 0.6) is 0 Å². The molecule has 0 saturated heterocycles. The number of rotatable bonds is 1. The minimum Gasteiger partial charge on any atom is -0.286 e. The van der Waals surface area contributed by atoms with Crippen molar-refractivity contribution in [2.75, 3.05) is 0 Å². The molecule has 0 saturated carbocycles. The van der Waals surface area contributed by atoms with Gasteiger partial charge in [-0.05, 0) is 13.1 Å². The summed E-state index contributed by atoms with van der Waals surface area (Å²) in [6, 6.07) is 0. The highest BCUT2D eigenvalue weighted by atomic mass is 14.8. The van der Waals surface area contributed by atoms with E-state index in [1.54, 1.807) is 0 Å². The lowest BCUT2D eigenvalue weighted by Crippen LogP contribution is -2.08. The van der Waals surface area contributed by atoms with Gasteiger partial charge in [-0.15, -0.1) is 0 Å². The minimum atomic E-state index is 0.155. The summed E-state index contributed by atoms with van der Waals surface area (Å²) in [6.07, 6.45) is 8.80. The second kappa shape index (κ2) is 3.11. The standard InChI is InChI=1S/C8H10N2/c1-10-8(9)7-5-3-2-4-6-7/h2-5,7,9H,1,6H2. The average Bonchev–Trinajstić information content (AvgIpc) is 2.05. The predicted octanol–water partition coefficient (Wildman–Crippen LogP) is 1.80. The highest BCUT2D eigenvalue weighted by Crippen LogP contribution is 2.12. The molecule has 0 aromatic heterocycles. The maximum atomic E-state index is 7.32. The molecule has 0 heterocycles. The van der Waals surface area contributed by atoms with E-state index < -0.39 is 0 Å². The van der Waals surface area contributed by atoms with Crippen molar-refractivity contribution < 1.29 is 0 Å². The molecule has 0 spiro atoms. The summed E-state index contributed by atoms with van der Waals surface area (Å²) in [4.78, 5) is 3.56. The third-order valence-corrected chi connectivity index (χ3v) is 1.50. The van der Waals surface area contributed by atoms with E-state index in [0.717, 1.165) is 6.42 Å². The molecular formula is C8H10N2. The number of nitrogens with one attached hydrogen (secondary N) is 1. The average molecular weight is 134 g/mol. The van der Waals surface area contributed by atoms with Crippen molar-refractivity contribution in [1.29, 1.82) is 5.41 Å². The van der Waals surface area contributed by atoms with E-state index in [1.165, 1.54) is 0 Å². The van der Waals surface area contributed by atoms with Crippen LogP contribution < -0.4 is 0 Å². The van der Waals surface area contributed by atoms with E-state index in [-0.39, 0.29) is 5.92 Å². The molecule has 1 rings (SSSR count). The van der Waals surface area contributed by atoms with Crippen molar-refractivity contribution in [2.45, 2.75) is 6.42 Å². The Hall–Kier alpha value is -1.18. The maximum absolute atomic E-state index is 7.32. The van der Waals surface area contributed by atoms with Crippen LogP contribution in [0.4, 0.5) is 0 Å². The van der Waals surface area contributed by atoms with E-state index in [2.05, 4.69) is 11.7 Å². The van der Waals surface area contributed by atoms with Gasteiger partial charge in [-0.3, -0.25) is 5.41 Å². The van der Waals surface area contributed by atoms with E-state index in [9.17, 15) is 0 Å². The van der Waals surface area contributed by atoms with Crippen molar-refractivity contribution in [2.24, 2.45) is 10.9 Å². The Bertz CT molecular complexity index is 201. The molecule has 0 aliphatic heterocycles. The van der Waals surface area contributed by atoms with Crippen LogP contribution in [0, 0.1) is 11.3 Å². The van der Waals surface area contributed by atoms with Crippen LogP contribution in [0.25, 0.3) is 0 Å². The fourth-order valence-corrected chi connectivity index (χ4v) is 0.901. The summed E-state index contributed by atoms with van der Waals surface area (Å²) < 4.78 is 0. The van der Waals surface area contributed by atoms with Gasteiger partial charge in [0.2, 0.25) is 0 Å². The summed E-state index contributed by atoms with van der Waals surface area (Å²) in [5, 5.41) is 7.32. The number of amidine groups is 1. The van der Waals surface area contributed by atoms with Gasteiger partial charge in [-0.1, -0.05) is 24.3 Å². The Balaban J connectivity index is 2.59. The molecule has 0 aromatic carbocycles. The molecule has 1 aliphatic carbocycles. The molecule has 0 aromatic rings. The van der Waals surface area contributed by atoms with Crippen LogP contribution in [-0.2, 0) is 0 Å². The minimum absolute atomic E-state index is 0.155. The summed E-state index contributed by atoms with van der Waals surface area (Å²) in [7, 11) is 0. The molecule has 2 heteroatoms. The molecule has 52 valence electrons. The van der Waals surface area contributed by atoms with Gasteiger partial charge in [0.25, 0.3) is 0 Å². The molecule has 2 nitrogen and oxygen atoms in total. The van der Waals surface area contributed by atoms with E-state index in [1.807, 2.05) is 24.3 Å². The molecule has 1 N–H and O–H groups in total. The van der Waals surface area contributed by atoms with Gasteiger partial charge in [-0.2, -0.15) is 0 Å². The number of allylic oxidation sites excluding steroid dienone is 3. The molecule has 1 atom stereocenters. The molecule has 0 radical (unpaired) electrons. The summed E-state index contributed by atoms with van der Waals surface area (Å²) >= 11 is 0. The first-order chi connectivity index (χ1) is 4.84. The highest BCUT2D eigenvalue weighted by Gasteiger charge is 2.08. The lowest BCUT2D eigenvalue weighted by molar-refractivity contribution is 0.853. The van der Waals surface area contributed by atoms with Gasteiger partial charge in [0.05, 0.1) is 0 Å². The zero-order chi connectivity index (χ0) is 7.40. The van der Waals surface area contributed by atoms with Gasteiger partial charge >= 0.3 is 0 Å². The molecule has 1 unspecified atom stereocenters. The third kappa shape index (κ3) is 1.41. The van der Waals surface area contributed by atoms with Gasteiger partial charge in [0.15, 0.2) is 0 Å². The zero-order valence-corrected chi connectivity index (χ0v) is 5.75. The van der Waals surface area contributed by atoms with Crippen LogP contribution in [0.1, 0.15) is 6.42 Å². The predicted molar refractivity (Wildman–Crippen MR) is 43.7 cm³/mol. The van der Waals surface area contributed by atoms with E-state index in [0.29, 0.717) is 5.84 Å². The quantitative estimate of drug-likeness (QED) is 0.419. The van der Waals surface area contributed by atoms with E-state index >= 15 is 0 Å². The molecule has 0 amide bonds. The Morgan fingerprint density at radius 1 is 1.60 bits per heavy atom. The normalized spacial score (nSPS) is 22.6. The summed E-state index contributed by atoms with van der Waals surface area (Å²) in [5.41, 5.74) is 0. The fraction of sp³-hybridized carbons (Fsp3) is 0.250. The van der Waals surface area contributed by atoms with Crippen LogP contribution in [0.15, 0.2) is 29.3 Å². The van der Waals surface area contributed by atoms with Gasteiger partial charge in [-0.25, -0.2) is 4.99 Å². The lowest BCUT2D eigenvalue weighted by Gasteiger charge is -2.09. The topological polar surface area (TPSA) is 36.2 Å². The Morgan fingerprint density at radius 2 is 2.40 bits per heavy atom. The van der Waals surface area contributed by atoms with Gasteiger partial charge in [0.1, 0.15) is 5.84 Å². The molecular weight excluding hydrogens is 124 g/mol. The van der Waals surface area contributed by atoms with E-state index in [4.69, 9.17) is 5.41 Å². The maximum Gasteiger partial charge on any atom is 0.126 e. The second-order valence-electron chi connectivity index (χ2n) is 2.20. The highest BCUT2D eigenvalue weighted by molar-refractivity contribution is 5.87. The molecule has 0 fully saturated rings. The van der Waals surface area contributed by atoms with Crippen molar-refractivity contribution in [3.05, 3.63) is 24.3 Å². The number of hydrogen-bond donors (Lipinski definition) is 1. The van der Waals surface area contributed by atoms with Crippen LogP contribution in [0.3, 0.4) is 0 Å². The fourth-order valence-electron chi connectivity index (χ4n) is 0.901. The smallest absolute Gasteiger partial charge is 0.126 e. The largest absolute Gasteiger partial charge is 0.286 e. The summed E-state index contributed by atoms with van der Waals surface area (Å²) in [6.45, 7) is 3.30. The van der Waals surface area contributed by atoms with Crippen LogP contribution in [0.2, 0.25) is 0 Å². The first kappa shape index (κ1) is 6.93. The molecule has 0 bridgehead atoms. The monoisotopic (exact) mass is 134 g/mol. The van der Waals surface area contributed by atoms with Crippen molar-refractivity contribution in [3.63, 3.8) is 0 Å². The van der Waals surface area contributed by atoms with Gasteiger partial charge in [0, 0.05) is 5.92 Å². The number of aliphatic imine (C=N–C) groups is 1. The number of hydrogen-bond acceptors (Lipinski definition) is 1. The Morgan fingerprint density at radius 3 is 2.90 bits per heavy atom. The van der Waals surface area contributed by atoms with Crippen molar-refractivity contribution in [1.82, 2.24) is 0 Å². The molecule has 10 heavy (non-hydrogen) atoms. The van der Waals surface area contributed by atoms with Crippen molar-refractivity contribution in [3.8, 4) is 0 Å². The number of nitrogens with zero attached hydrogens (tertiary/aromatic N) is 1. The Labute approximate surface area is 60.5 Å². The Kier molecular flexibility index (Phi) is 2.15. The second-order valence-corrected chi connectivity index (χ2v) is 2.20. The van der Waals surface area contributed by atoms with Gasteiger partial charge < -0.3 is 0 Å². The van der Waals surface area contributed by atoms with Crippen LogP contribution >= 0.6 is 0 Å². The third-order valence-electron chi connectivity index (χ3n) is 1.50. The zero-order valence-electron chi connectivity index (χ0n) is 5.75. The molecule has 1 aliphatic rings. The summed E-state index contributed by atoms with van der Waals surface area (Å²) in [5.74, 6) is 0.517. The first-order valence-electron chi connectivity index (χ1n) is 3.23. The van der Waals surface area contributed by atoms with Crippen LogP contribution in [-0.4, -0.2) is 12.6 Å². The first-order valence-corrected chi connectivity index (χ1v) is 3.23. The van der Waals surface area contributed by atoms with Crippen molar-refractivity contribution >= 4 is 12.6 Å². The lowest BCUT2D eigenvalue weighted by atomic mass is 10.0.